The van der Waals surface area contributed by atoms with E-state index in [-0.39, 0.29) is 77.8 Å². The van der Waals surface area contributed by atoms with Crippen LogP contribution in [-0.2, 0) is 51.0 Å². The number of benzene rings is 1. The number of nitrogens with one attached hydrogen (secondary N) is 2. The summed E-state index contributed by atoms with van der Waals surface area (Å²) in [7, 11) is 1.73. The van der Waals surface area contributed by atoms with Crippen LogP contribution in [0.25, 0.3) is 33.4 Å². The lowest BCUT2D eigenvalue weighted by Crippen LogP contribution is -2.73. The third-order valence-corrected chi connectivity index (χ3v) is 21.3. The van der Waals surface area contributed by atoms with Crippen LogP contribution in [0, 0.1) is 46.3 Å². The number of thiazole rings is 1. The van der Waals surface area contributed by atoms with Crippen LogP contribution < -0.4 is 10.7 Å². The number of nitrogens with zero attached hydrogens (tertiary/aromatic N) is 7. The first-order chi connectivity index (χ1) is 39.6. The number of aromatic nitrogens is 3. The molecule has 3 aromatic heterocycles. The van der Waals surface area contributed by atoms with Gasteiger partial charge in [-0.3, -0.25) is 39.1 Å². The van der Waals surface area contributed by atoms with Gasteiger partial charge in [-0.05, 0) is 113 Å². The van der Waals surface area contributed by atoms with Crippen LogP contribution in [0.1, 0.15) is 127 Å². The van der Waals surface area contributed by atoms with Crippen LogP contribution in [0.15, 0.2) is 35.8 Å². The molecule has 18 heteroatoms. The molecule has 10 aliphatic rings. The summed E-state index contributed by atoms with van der Waals surface area (Å²) in [6, 6.07) is 7.39. The SMILES string of the molecule is CO[C@@H](C)c1ncc(C#C[C@@H](C)N2CCN(C3CC3)CC2)cc1-c1c2c3cc(ccc3n1CCOC1CCOCC1)-c1csc(n1)[C@@H](N1CC3(CCOCC3)C1)[C@H](NC(=O)C1[C@@H](C)[C@H]1C)C(=O)N1N[C@H](C(=O)OCC(C)(C)C2)C2CC1C2. The van der Waals surface area contributed by atoms with Crippen molar-refractivity contribution in [3.63, 3.8) is 0 Å². The first-order valence-corrected chi connectivity index (χ1v) is 31.7. The summed E-state index contributed by atoms with van der Waals surface area (Å²) < 4.78 is 33.3. The molecule has 7 aliphatic heterocycles. The van der Waals surface area contributed by atoms with Gasteiger partial charge in [-0.15, -0.1) is 11.3 Å². The lowest BCUT2D eigenvalue weighted by Gasteiger charge is -2.57. The van der Waals surface area contributed by atoms with Gasteiger partial charge < -0.3 is 33.6 Å². The normalized spacial score (nSPS) is 30.4. The van der Waals surface area contributed by atoms with Gasteiger partial charge in [0.1, 0.15) is 17.1 Å². The van der Waals surface area contributed by atoms with E-state index in [4.69, 9.17) is 33.7 Å². The number of pyridine rings is 1. The van der Waals surface area contributed by atoms with Gasteiger partial charge in [0, 0.05) is 147 Å². The lowest BCUT2D eigenvalue weighted by molar-refractivity contribution is -0.173. The van der Waals surface area contributed by atoms with E-state index in [9.17, 15) is 9.59 Å². The molecule has 2 amide bonds. The molecule has 2 N–H and O–H groups in total. The van der Waals surface area contributed by atoms with Crippen molar-refractivity contribution in [3.8, 4) is 34.4 Å². The molecular weight excluding hydrogens is 1050 g/mol. The first kappa shape index (κ1) is 56.3. The third-order valence-electron chi connectivity index (χ3n) is 20.4. The highest BCUT2D eigenvalue weighted by Crippen LogP contribution is 2.50. The van der Waals surface area contributed by atoms with E-state index >= 15 is 4.79 Å². The van der Waals surface area contributed by atoms with E-state index in [0.29, 0.717) is 58.8 Å². The maximum Gasteiger partial charge on any atom is 0.325 e. The third kappa shape index (κ3) is 11.1. The Kier molecular flexibility index (Phi) is 15.7. The number of piperazine rings is 1. The molecule has 1 aromatic carbocycles. The predicted octanol–water partition coefficient (Wildman–Crippen LogP) is 7.41. The first-order valence-electron chi connectivity index (χ1n) is 30.9. The second-order valence-corrected chi connectivity index (χ2v) is 27.5. The van der Waals surface area contributed by atoms with Crippen molar-refractivity contribution in [2.45, 2.75) is 154 Å². The Morgan fingerprint density at radius 2 is 1.70 bits per heavy atom. The zero-order valence-corrected chi connectivity index (χ0v) is 50.1. The standard InChI is InChI=1S/C64H85N9O8S/c1-38(69-18-20-70(21-19-69)45-11-12-45)8-9-42-28-49(54(65-33-42)41(4)77-7)57-50-32-63(5,6)37-81-62(76)55-44-29-46(30-44)73(68-55)61(75)56(67-59(74)53-39(2)40(53)3)58(71-35-64(36-71)16-25-79-26-17-64)60-66-51(34-82-60)43-10-13-52(48(50)31-43)72(57)22-27-80-47-14-23-78-24-15-47/h10,13,28,31,33-34,38-41,44-47,53,55-56,58,68H,11-12,14-27,29-30,32,35-37H2,1-7H3,(H,67,74)/t38-,39-,40+,41+,44?,46?,53?,55+,56+,58+/m1/s1. The topological polar surface area (TPSA) is 165 Å². The van der Waals surface area contributed by atoms with E-state index in [1.54, 1.807) is 23.5 Å². The molecule has 3 aliphatic carbocycles. The van der Waals surface area contributed by atoms with E-state index in [1.165, 1.54) is 12.8 Å². The zero-order valence-electron chi connectivity index (χ0n) is 49.3. The molecule has 14 rings (SSSR count). The molecule has 1 unspecified atom stereocenters. The molecular formula is C64H85N9O8S. The number of amides is 2. The van der Waals surface area contributed by atoms with Gasteiger partial charge in [-0.1, -0.05) is 45.6 Å². The Hall–Kier alpha value is -4.81. The Morgan fingerprint density at radius 3 is 2.41 bits per heavy atom. The molecule has 8 atom stereocenters. The van der Waals surface area contributed by atoms with Gasteiger partial charge in [-0.25, -0.2) is 10.4 Å². The fourth-order valence-electron chi connectivity index (χ4n) is 14.7. The van der Waals surface area contributed by atoms with Crippen molar-refractivity contribution >= 4 is 40.0 Å². The monoisotopic (exact) mass is 1140 g/mol. The number of fused-ring (bicyclic) bond motifs is 4. The van der Waals surface area contributed by atoms with Gasteiger partial charge in [0.15, 0.2) is 0 Å². The fourth-order valence-corrected chi connectivity index (χ4v) is 15.7. The lowest BCUT2D eigenvalue weighted by atomic mass is 9.72. The summed E-state index contributed by atoms with van der Waals surface area (Å²) in [5.41, 5.74) is 10.4. The molecule has 17 nitrogen and oxygen atoms in total. The number of hydrogen-bond donors (Lipinski definition) is 2. The summed E-state index contributed by atoms with van der Waals surface area (Å²) in [6.07, 6.45) is 9.82. The van der Waals surface area contributed by atoms with Crippen molar-refractivity contribution in [2.75, 3.05) is 86.0 Å². The molecule has 4 aromatic rings. The quantitative estimate of drug-likeness (QED) is 0.106. The average molecular weight is 1140 g/mol. The number of likely N-dealkylation sites (tertiary alicyclic amines) is 1. The van der Waals surface area contributed by atoms with Crippen LogP contribution >= 0.6 is 11.3 Å². The number of methoxy groups -OCH3 is 1. The second kappa shape index (κ2) is 22.9. The Morgan fingerprint density at radius 1 is 0.951 bits per heavy atom. The maximum atomic E-state index is 15.6. The van der Waals surface area contributed by atoms with Crippen LogP contribution in [0.4, 0.5) is 0 Å². The van der Waals surface area contributed by atoms with Gasteiger partial charge in [-0.2, -0.15) is 0 Å². The van der Waals surface area contributed by atoms with Gasteiger partial charge in [0.2, 0.25) is 5.91 Å². The molecule has 440 valence electrons. The summed E-state index contributed by atoms with van der Waals surface area (Å²) in [5, 5.41) is 9.00. The minimum Gasteiger partial charge on any atom is -0.464 e. The summed E-state index contributed by atoms with van der Waals surface area (Å²) >= 11 is 1.55. The highest BCUT2D eigenvalue weighted by Gasteiger charge is 2.57. The molecule has 1 spiro atoms. The molecule has 10 heterocycles. The number of rotatable bonds is 12. The van der Waals surface area contributed by atoms with Crippen LogP contribution in [0.3, 0.4) is 0 Å². The average Bonchev–Trinajstić information content (AvgIpc) is 3.97. The number of esters is 1. The van der Waals surface area contributed by atoms with Crippen molar-refractivity contribution in [2.24, 2.45) is 34.5 Å². The summed E-state index contributed by atoms with van der Waals surface area (Å²) in [6.45, 7) is 22.5. The van der Waals surface area contributed by atoms with Crippen LogP contribution in [0.2, 0.25) is 0 Å². The van der Waals surface area contributed by atoms with Gasteiger partial charge >= 0.3 is 5.97 Å². The van der Waals surface area contributed by atoms with Crippen LogP contribution in [-0.4, -0.2) is 174 Å². The Labute approximate surface area is 487 Å². The second-order valence-electron chi connectivity index (χ2n) is 26.6. The largest absolute Gasteiger partial charge is 0.464 e. The minimum atomic E-state index is -0.958. The molecule has 82 heavy (non-hydrogen) atoms. The van der Waals surface area contributed by atoms with Gasteiger partial charge in [0.25, 0.3) is 5.91 Å². The highest BCUT2D eigenvalue weighted by atomic mass is 32.1. The van der Waals surface area contributed by atoms with E-state index in [2.05, 4.69) is 113 Å². The number of hydrogen-bond acceptors (Lipinski definition) is 15. The summed E-state index contributed by atoms with van der Waals surface area (Å²) in [5.74, 6) is 6.77. The Bertz CT molecular complexity index is 3090. The molecule has 3 saturated carbocycles. The highest BCUT2D eigenvalue weighted by molar-refractivity contribution is 7.10. The van der Waals surface area contributed by atoms with Crippen molar-refractivity contribution in [1.82, 2.24) is 45.0 Å². The minimum absolute atomic E-state index is 0.0218. The fraction of sp³-hybridized carbons (Fsp3) is 0.672. The maximum absolute atomic E-state index is 15.6. The number of ether oxygens (including phenoxy) is 5. The Balaban J connectivity index is 0.941. The molecule has 9 fully saturated rings. The zero-order chi connectivity index (χ0) is 56.6. The molecule has 0 radical (unpaired) electrons. The smallest absolute Gasteiger partial charge is 0.325 e. The van der Waals surface area contributed by atoms with Crippen molar-refractivity contribution in [1.29, 1.82) is 0 Å². The van der Waals surface area contributed by atoms with Crippen LogP contribution in [0.5, 0.6) is 0 Å². The number of hydrazine groups is 1. The number of cyclic esters (lactones) is 1. The van der Waals surface area contributed by atoms with Crippen molar-refractivity contribution < 1.29 is 38.1 Å². The van der Waals surface area contributed by atoms with Crippen molar-refractivity contribution in [3.05, 3.63) is 57.7 Å². The predicted molar refractivity (Wildman–Crippen MR) is 313 cm³/mol. The van der Waals surface area contributed by atoms with E-state index < -0.39 is 23.5 Å². The molecule has 8 bridgehead atoms. The number of carbonyl (C=O) groups excluding carboxylic acids is 3. The molecule has 6 saturated heterocycles. The van der Waals surface area contributed by atoms with Gasteiger partial charge in [0.05, 0.1) is 54.6 Å². The summed E-state index contributed by atoms with van der Waals surface area (Å²) in [4.78, 5) is 63.0. The number of carbonyl (C=O) groups is 3. The van der Waals surface area contributed by atoms with E-state index in [0.717, 1.165) is 126 Å². The van der Waals surface area contributed by atoms with E-state index in [1.807, 2.05) is 6.20 Å².